The molecule has 0 aliphatic rings. The first kappa shape index (κ1) is 30.9. The van der Waals surface area contributed by atoms with Crippen LogP contribution < -0.4 is 4.90 Å². The Hall–Kier alpha value is -7.56. The molecule has 0 atom stereocenters. The second-order valence-corrected chi connectivity index (χ2v) is 14.4. The predicted molar refractivity (Wildman–Crippen MR) is 231 cm³/mol. The highest BCUT2D eigenvalue weighted by Crippen LogP contribution is 2.48. The van der Waals surface area contributed by atoms with Gasteiger partial charge in [0.25, 0.3) is 0 Å². The average molecular weight is 718 g/mol. The van der Waals surface area contributed by atoms with E-state index in [1.807, 2.05) is 24.3 Å². The van der Waals surface area contributed by atoms with E-state index in [9.17, 15) is 0 Å². The fourth-order valence-electron chi connectivity index (χ4n) is 8.65. The van der Waals surface area contributed by atoms with Crippen molar-refractivity contribution in [2.45, 2.75) is 0 Å². The normalized spacial score (nSPS) is 11.9. The predicted octanol–water partition coefficient (Wildman–Crippen LogP) is 15.3. The van der Waals surface area contributed by atoms with Crippen molar-refractivity contribution >= 4 is 93.7 Å². The molecule has 0 saturated heterocycles. The van der Waals surface area contributed by atoms with E-state index >= 15 is 0 Å². The summed E-state index contributed by atoms with van der Waals surface area (Å²) in [5, 5.41) is 8.66. The molecule has 0 amide bonds. The van der Waals surface area contributed by atoms with E-state index in [1.165, 1.54) is 10.8 Å². The summed E-state index contributed by atoms with van der Waals surface area (Å²) in [5.74, 6) is 0. The Morgan fingerprint density at radius 2 is 1.00 bits per heavy atom. The van der Waals surface area contributed by atoms with Gasteiger partial charge in [-0.1, -0.05) is 127 Å². The van der Waals surface area contributed by atoms with Crippen molar-refractivity contribution < 1.29 is 13.3 Å². The van der Waals surface area contributed by atoms with Gasteiger partial charge in [-0.05, 0) is 88.1 Å². The summed E-state index contributed by atoms with van der Waals surface area (Å²) in [6, 6.07) is 66.0. The summed E-state index contributed by atoms with van der Waals surface area (Å²) in [5.41, 5.74) is 12.4. The van der Waals surface area contributed by atoms with Crippen LogP contribution in [0.25, 0.3) is 98.8 Å². The Kier molecular flexibility index (Phi) is 6.60. The van der Waals surface area contributed by atoms with Crippen LogP contribution in [-0.4, -0.2) is 0 Å². The van der Waals surface area contributed by atoms with Gasteiger partial charge in [0, 0.05) is 49.3 Å². The molecule has 0 bridgehead atoms. The van der Waals surface area contributed by atoms with Gasteiger partial charge in [-0.15, -0.1) is 0 Å². The van der Waals surface area contributed by atoms with Gasteiger partial charge in [-0.2, -0.15) is 0 Å². The fourth-order valence-corrected chi connectivity index (χ4v) is 8.65. The molecule has 0 N–H and O–H groups in total. The van der Waals surface area contributed by atoms with E-state index in [2.05, 4.69) is 169 Å². The van der Waals surface area contributed by atoms with Crippen LogP contribution in [0.5, 0.6) is 0 Å². The molecule has 0 unspecified atom stereocenters. The van der Waals surface area contributed by atoms with Crippen molar-refractivity contribution in [2.24, 2.45) is 0 Å². The highest BCUT2D eigenvalue weighted by molar-refractivity contribution is 6.24. The second-order valence-electron chi connectivity index (χ2n) is 14.4. The maximum Gasteiger partial charge on any atom is 0.159 e. The van der Waals surface area contributed by atoms with Crippen LogP contribution in [0.3, 0.4) is 0 Å². The number of anilines is 3. The first-order chi connectivity index (χ1) is 27.7. The summed E-state index contributed by atoms with van der Waals surface area (Å²) < 4.78 is 20.2. The molecule has 4 nitrogen and oxygen atoms in total. The molecule has 0 saturated carbocycles. The van der Waals surface area contributed by atoms with E-state index in [0.717, 1.165) is 105 Å². The lowest BCUT2D eigenvalue weighted by atomic mass is 9.95. The van der Waals surface area contributed by atoms with Crippen molar-refractivity contribution in [3.63, 3.8) is 0 Å². The first-order valence-corrected chi connectivity index (χ1v) is 18.9. The third-order valence-electron chi connectivity index (χ3n) is 11.2. The maximum atomic E-state index is 6.93. The smallest absolute Gasteiger partial charge is 0.159 e. The monoisotopic (exact) mass is 717 g/mol. The third kappa shape index (κ3) is 4.66. The third-order valence-corrected chi connectivity index (χ3v) is 11.2. The molecular weight excluding hydrogens is 687 g/mol. The minimum Gasteiger partial charge on any atom is -0.456 e. The molecule has 56 heavy (non-hydrogen) atoms. The van der Waals surface area contributed by atoms with Crippen molar-refractivity contribution in [1.29, 1.82) is 0 Å². The molecule has 0 aliphatic heterocycles. The Bertz CT molecular complexity index is 3500. The largest absolute Gasteiger partial charge is 0.456 e. The lowest BCUT2D eigenvalue weighted by Gasteiger charge is -2.26. The summed E-state index contributed by atoms with van der Waals surface area (Å²) >= 11 is 0. The lowest BCUT2D eigenvalue weighted by molar-refractivity contribution is 0.664. The molecule has 0 radical (unpaired) electrons. The quantitative estimate of drug-likeness (QED) is 0.178. The zero-order valence-electron chi connectivity index (χ0n) is 30.1. The molecule has 0 spiro atoms. The van der Waals surface area contributed by atoms with E-state index < -0.39 is 0 Å². The molecule has 12 rings (SSSR count). The van der Waals surface area contributed by atoms with Crippen LogP contribution in [0.2, 0.25) is 0 Å². The molecule has 3 aromatic heterocycles. The van der Waals surface area contributed by atoms with Crippen LogP contribution in [0, 0.1) is 0 Å². The van der Waals surface area contributed by atoms with Gasteiger partial charge < -0.3 is 18.2 Å². The Balaban J connectivity index is 1.14. The Labute approximate surface area is 321 Å². The second kappa shape index (κ2) is 12.0. The van der Waals surface area contributed by atoms with Gasteiger partial charge in [0.05, 0.1) is 5.69 Å². The van der Waals surface area contributed by atoms with Crippen LogP contribution in [-0.2, 0) is 0 Å². The van der Waals surface area contributed by atoms with E-state index in [-0.39, 0.29) is 0 Å². The number of benzene rings is 9. The number of hydrogen-bond donors (Lipinski definition) is 0. The topological polar surface area (TPSA) is 42.7 Å². The summed E-state index contributed by atoms with van der Waals surface area (Å²) in [4.78, 5) is 2.30. The number of furan rings is 3. The van der Waals surface area contributed by atoms with Gasteiger partial charge >= 0.3 is 0 Å². The first-order valence-electron chi connectivity index (χ1n) is 18.9. The van der Waals surface area contributed by atoms with Gasteiger partial charge in [-0.3, -0.25) is 0 Å². The van der Waals surface area contributed by atoms with Crippen molar-refractivity contribution in [3.8, 4) is 22.3 Å². The summed E-state index contributed by atoms with van der Waals surface area (Å²) in [7, 11) is 0. The molecular formula is C52H31NO3. The standard InChI is InChI=1S/C52H31NO3/c1-2-12-32(13-3-1)35-16-10-17-37(29-35)53(44-21-11-20-40-39-18-6-8-22-45(39)55-51(40)44)38-26-27-47-42(30-38)43-31-48-50(41-19-7-9-23-46(41)54-48)49(52(43)56-47)36-25-24-33-14-4-5-15-34(33)28-36/h1-31H. The number of rotatable bonds is 5. The molecule has 0 fully saturated rings. The number of para-hydroxylation sites is 3. The maximum absolute atomic E-state index is 6.93. The van der Waals surface area contributed by atoms with Gasteiger partial charge in [-0.25, -0.2) is 0 Å². The van der Waals surface area contributed by atoms with Gasteiger partial charge in [0.1, 0.15) is 27.9 Å². The van der Waals surface area contributed by atoms with E-state index in [4.69, 9.17) is 13.3 Å². The van der Waals surface area contributed by atoms with Crippen LogP contribution >= 0.6 is 0 Å². The summed E-state index contributed by atoms with van der Waals surface area (Å²) in [6.07, 6.45) is 0. The van der Waals surface area contributed by atoms with Gasteiger partial charge in [0.15, 0.2) is 5.58 Å². The van der Waals surface area contributed by atoms with Crippen LogP contribution in [0.1, 0.15) is 0 Å². The molecule has 4 heteroatoms. The van der Waals surface area contributed by atoms with Crippen LogP contribution in [0.15, 0.2) is 201 Å². The van der Waals surface area contributed by atoms with Crippen molar-refractivity contribution in [2.75, 3.05) is 4.90 Å². The summed E-state index contributed by atoms with van der Waals surface area (Å²) in [6.45, 7) is 0. The zero-order valence-corrected chi connectivity index (χ0v) is 30.1. The highest BCUT2D eigenvalue weighted by Gasteiger charge is 2.24. The minimum absolute atomic E-state index is 0.808. The van der Waals surface area contributed by atoms with Crippen molar-refractivity contribution in [1.82, 2.24) is 0 Å². The SMILES string of the molecule is c1ccc(-c2cccc(N(c3ccc4oc5c(-c6ccc7ccccc7c6)c6c(cc5c4c3)oc3ccccc36)c3cccc4c3oc3ccccc34)c2)cc1. The Morgan fingerprint density at radius 3 is 1.89 bits per heavy atom. The molecule has 12 aromatic rings. The zero-order chi connectivity index (χ0) is 36.7. The average Bonchev–Trinajstić information content (AvgIpc) is 3.95. The van der Waals surface area contributed by atoms with E-state index in [0.29, 0.717) is 0 Å². The number of hydrogen-bond acceptors (Lipinski definition) is 4. The van der Waals surface area contributed by atoms with E-state index in [1.54, 1.807) is 0 Å². The number of nitrogens with zero attached hydrogens (tertiary/aromatic N) is 1. The Morgan fingerprint density at radius 1 is 0.321 bits per heavy atom. The molecule has 262 valence electrons. The van der Waals surface area contributed by atoms with Crippen LogP contribution in [0.4, 0.5) is 17.1 Å². The molecule has 9 aromatic carbocycles. The molecule has 0 aliphatic carbocycles. The number of fused-ring (bicyclic) bond motifs is 10. The highest BCUT2D eigenvalue weighted by atomic mass is 16.3. The van der Waals surface area contributed by atoms with Crippen molar-refractivity contribution in [3.05, 3.63) is 188 Å². The van der Waals surface area contributed by atoms with Gasteiger partial charge in [0.2, 0.25) is 0 Å². The molecule has 3 heterocycles. The lowest BCUT2D eigenvalue weighted by Crippen LogP contribution is -2.10. The fraction of sp³-hybridized carbons (Fsp3) is 0. The minimum atomic E-state index is 0.808.